The molecule has 4 N–H and O–H groups in total. The Bertz CT molecular complexity index is 898. The van der Waals surface area contributed by atoms with Gasteiger partial charge in [0.25, 0.3) is 0 Å². The average Bonchev–Trinajstić information content (AvgIpc) is 3.07. The smallest absolute Gasteiger partial charge is 0.220 e. The SMILES string of the molecule is CC/C=C\C/C=C\C/C=C\C/C=C\C=C/C(O)C/C=C\CCC(=O)N[C@@H](CO)[C@H](O)/C=C/CCCCCCCCCCCCCCC. The number of unbranched alkanes of at least 4 members (excludes halogenated alkanes) is 13. The number of nitrogens with one attached hydrogen (secondary N) is 1. The largest absolute Gasteiger partial charge is 0.394 e. The summed E-state index contributed by atoms with van der Waals surface area (Å²) in [4.78, 5) is 12.3. The summed E-state index contributed by atoms with van der Waals surface area (Å²) in [7, 11) is 0. The predicted octanol–water partition coefficient (Wildman–Crippen LogP) is 10.3. The number of amides is 1. The summed E-state index contributed by atoms with van der Waals surface area (Å²) in [6, 6.07) is -0.709. The first-order valence-corrected chi connectivity index (χ1v) is 18.9. The van der Waals surface area contributed by atoms with E-state index in [0.29, 0.717) is 12.8 Å². The van der Waals surface area contributed by atoms with Crippen molar-refractivity contribution in [3.63, 3.8) is 0 Å². The molecule has 0 spiro atoms. The molecule has 5 heteroatoms. The van der Waals surface area contributed by atoms with Crippen molar-refractivity contribution >= 4 is 5.91 Å². The van der Waals surface area contributed by atoms with Gasteiger partial charge < -0.3 is 20.6 Å². The molecule has 5 nitrogen and oxygen atoms in total. The Labute approximate surface area is 289 Å². The van der Waals surface area contributed by atoms with Crippen LogP contribution in [0.3, 0.4) is 0 Å². The Hall–Kier alpha value is -2.47. The average molecular weight is 654 g/mol. The molecule has 1 amide bonds. The molecule has 0 fully saturated rings. The minimum Gasteiger partial charge on any atom is -0.394 e. The van der Waals surface area contributed by atoms with Gasteiger partial charge in [0.15, 0.2) is 0 Å². The summed E-state index contributed by atoms with van der Waals surface area (Å²) in [5, 5.41) is 32.9. The second-order valence-corrected chi connectivity index (χ2v) is 12.5. The lowest BCUT2D eigenvalue weighted by atomic mass is 10.0. The van der Waals surface area contributed by atoms with Gasteiger partial charge >= 0.3 is 0 Å². The quantitative estimate of drug-likeness (QED) is 0.0330. The van der Waals surface area contributed by atoms with Crippen molar-refractivity contribution in [2.24, 2.45) is 0 Å². The van der Waals surface area contributed by atoms with E-state index in [1.165, 1.54) is 77.0 Å². The maximum absolute atomic E-state index is 12.3. The second-order valence-electron chi connectivity index (χ2n) is 12.5. The zero-order chi connectivity index (χ0) is 34.5. The summed E-state index contributed by atoms with van der Waals surface area (Å²) in [6.07, 6.45) is 49.8. The molecule has 0 aromatic rings. The van der Waals surface area contributed by atoms with Crippen LogP contribution in [0, 0.1) is 0 Å². The molecule has 47 heavy (non-hydrogen) atoms. The normalized spacial score (nSPS) is 14.7. The van der Waals surface area contributed by atoms with Gasteiger partial charge in [-0.05, 0) is 51.4 Å². The summed E-state index contributed by atoms with van der Waals surface area (Å²) in [5.41, 5.74) is 0. The fourth-order valence-electron chi connectivity index (χ4n) is 5.05. The van der Waals surface area contributed by atoms with Gasteiger partial charge in [0.05, 0.1) is 24.9 Å². The number of carbonyl (C=O) groups excluding carboxylic acids is 1. The Kier molecular flexibility index (Phi) is 34.5. The summed E-state index contributed by atoms with van der Waals surface area (Å²) in [5.74, 6) is -0.211. The molecule has 3 atom stereocenters. The molecule has 0 aliphatic carbocycles. The van der Waals surface area contributed by atoms with E-state index in [-0.39, 0.29) is 18.9 Å². The first kappa shape index (κ1) is 44.5. The summed E-state index contributed by atoms with van der Waals surface area (Å²) in [6.45, 7) is 4.09. The minimum atomic E-state index is -0.909. The van der Waals surface area contributed by atoms with Gasteiger partial charge in [-0.15, -0.1) is 0 Å². The molecule has 0 aromatic heterocycles. The third kappa shape index (κ3) is 33.2. The van der Waals surface area contributed by atoms with Crippen LogP contribution in [-0.2, 0) is 4.79 Å². The fourth-order valence-corrected chi connectivity index (χ4v) is 5.05. The van der Waals surface area contributed by atoms with Crippen LogP contribution in [0.1, 0.15) is 149 Å². The predicted molar refractivity (Wildman–Crippen MR) is 203 cm³/mol. The van der Waals surface area contributed by atoms with Crippen LogP contribution < -0.4 is 5.32 Å². The first-order chi connectivity index (χ1) is 23.0. The molecular formula is C42H71NO4. The van der Waals surface area contributed by atoms with Crippen LogP contribution in [0.2, 0.25) is 0 Å². The van der Waals surface area contributed by atoms with Gasteiger partial charge in [0.1, 0.15) is 0 Å². The molecular weight excluding hydrogens is 582 g/mol. The number of hydrogen-bond acceptors (Lipinski definition) is 4. The monoisotopic (exact) mass is 654 g/mol. The van der Waals surface area contributed by atoms with Gasteiger partial charge in [-0.25, -0.2) is 0 Å². The number of rotatable bonds is 32. The molecule has 0 heterocycles. The highest BCUT2D eigenvalue weighted by Gasteiger charge is 2.17. The van der Waals surface area contributed by atoms with Crippen molar-refractivity contribution < 1.29 is 20.1 Å². The summed E-state index contributed by atoms with van der Waals surface area (Å²) < 4.78 is 0. The third-order valence-electron chi connectivity index (χ3n) is 7.98. The maximum atomic E-state index is 12.3. The van der Waals surface area contributed by atoms with E-state index in [9.17, 15) is 20.1 Å². The van der Waals surface area contributed by atoms with Crippen LogP contribution in [0.4, 0.5) is 0 Å². The van der Waals surface area contributed by atoms with E-state index in [0.717, 1.165) is 38.5 Å². The molecule has 0 aromatic carbocycles. The van der Waals surface area contributed by atoms with Gasteiger partial charge in [-0.2, -0.15) is 0 Å². The Morgan fingerprint density at radius 2 is 1.15 bits per heavy atom. The van der Waals surface area contributed by atoms with E-state index < -0.39 is 18.2 Å². The highest BCUT2D eigenvalue weighted by atomic mass is 16.3. The highest BCUT2D eigenvalue weighted by Crippen LogP contribution is 2.13. The van der Waals surface area contributed by atoms with Crippen LogP contribution >= 0.6 is 0 Å². The number of carbonyl (C=O) groups is 1. The Balaban J connectivity index is 3.92. The third-order valence-corrected chi connectivity index (χ3v) is 7.98. The summed E-state index contributed by atoms with van der Waals surface area (Å²) >= 11 is 0. The topological polar surface area (TPSA) is 89.8 Å². The highest BCUT2D eigenvalue weighted by molar-refractivity contribution is 5.76. The lowest BCUT2D eigenvalue weighted by Crippen LogP contribution is -2.45. The zero-order valence-corrected chi connectivity index (χ0v) is 30.1. The van der Waals surface area contributed by atoms with E-state index >= 15 is 0 Å². The molecule has 0 bridgehead atoms. The Morgan fingerprint density at radius 3 is 1.72 bits per heavy atom. The lowest BCUT2D eigenvalue weighted by molar-refractivity contribution is -0.122. The van der Waals surface area contributed by atoms with Crippen LogP contribution in [-0.4, -0.2) is 46.1 Å². The fraction of sp³-hybridized carbons (Fsp3) is 0.643. The molecule has 0 saturated heterocycles. The van der Waals surface area contributed by atoms with Crippen LogP contribution in [0.25, 0.3) is 0 Å². The molecule has 0 aliphatic heterocycles. The second kappa shape index (κ2) is 36.4. The molecule has 0 aliphatic rings. The van der Waals surface area contributed by atoms with Crippen molar-refractivity contribution in [2.75, 3.05) is 6.61 Å². The van der Waals surface area contributed by atoms with Crippen molar-refractivity contribution in [3.05, 3.63) is 85.1 Å². The van der Waals surface area contributed by atoms with Crippen LogP contribution in [0.5, 0.6) is 0 Å². The number of aliphatic hydroxyl groups is 3. The number of allylic oxidation sites excluding steroid dienone is 11. The van der Waals surface area contributed by atoms with Crippen molar-refractivity contribution in [2.45, 2.75) is 167 Å². The first-order valence-electron chi connectivity index (χ1n) is 18.9. The van der Waals surface area contributed by atoms with Gasteiger partial charge in [0.2, 0.25) is 5.91 Å². The van der Waals surface area contributed by atoms with Gasteiger partial charge in [-0.1, -0.05) is 176 Å². The molecule has 0 rings (SSSR count). The molecule has 268 valence electrons. The molecule has 0 radical (unpaired) electrons. The van der Waals surface area contributed by atoms with Crippen molar-refractivity contribution in [1.82, 2.24) is 5.32 Å². The zero-order valence-electron chi connectivity index (χ0n) is 30.1. The van der Waals surface area contributed by atoms with Gasteiger partial charge in [0, 0.05) is 6.42 Å². The minimum absolute atomic E-state index is 0.211. The lowest BCUT2D eigenvalue weighted by Gasteiger charge is -2.19. The molecule has 1 unspecified atom stereocenters. The maximum Gasteiger partial charge on any atom is 0.220 e. The number of aliphatic hydroxyl groups excluding tert-OH is 3. The standard InChI is InChI=1S/C42H71NO4/c1-3-5-7-9-11-13-15-17-18-20-22-24-26-28-32-36-41(46)40(38-44)43-42(47)37-33-29-31-35-39(45)34-30-27-25-23-21-19-16-14-12-10-8-6-4-2/h6,8,12,14,19,21,25,27,29-32,34,36,39-41,44-46H,3-5,7,9-11,13,15-18,20,22-24,26,28,33,35,37-38H2,1-2H3,(H,43,47)/b8-6-,14-12-,21-19-,27-25-,31-29-,34-30-,36-32+/t39?,40-,41+/m0/s1. The molecule has 0 saturated carbocycles. The van der Waals surface area contributed by atoms with E-state index in [1.807, 2.05) is 30.4 Å². The van der Waals surface area contributed by atoms with Crippen molar-refractivity contribution in [1.29, 1.82) is 0 Å². The number of hydrogen-bond donors (Lipinski definition) is 4. The van der Waals surface area contributed by atoms with E-state index in [1.54, 1.807) is 12.2 Å². The van der Waals surface area contributed by atoms with Gasteiger partial charge in [-0.3, -0.25) is 4.79 Å². The Morgan fingerprint density at radius 1 is 0.596 bits per heavy atom. The van der Waals surface area contributed by atoms with E-state index in [4.69, 9.17) is 0 Å². The van der Waals surface area contributed by atoms with Crippen LogP contribution in [0.15, 0.2) is 85.1 Å². The van der Waals surface area contributed by atoms with Crippen molar-refractivity contribution in [3.8, 4) is 0 Å². The van der Waals surface area contributed by atoms with E-state index in [2.05, 4.69) is 61.7 Å².